The molecule has 1 aromatic rings. The van der Waals surface area contributed by atoms with Crippen molar-refractivity contribution in [1.29, 1.82) is 0 Å². The summed E-state index contributed by atoms with van der Waals surface area (Å²) in [4.78, 5) is 42.9. The first-order valence-corrected chi connectivity index (χ1v) is 15.0. The molecule has 2 fully saturated rings. The van der Waals surface area contributed by atoms with Gasteiger partial charge in [-0.2, -0.15) is 0 Å². The SMILES string of the molecule is COC(=O)[C@]12C[C@H](CC(=O)NCc3ccc(C)o3)C(=O)N(CCC3=CCCCC3)C1=C[C@H](C(C)C)O[C@@H]2C1CC1. The molecule has 4 atom stereocenters. The van der Waals surface area contributed by atoms with E-state index in [0.717, 1.165) is 43.6 Å². The molecule has 1 saturated carbocycles. The summed E-state index contributed by atoms with van der Waals surface area (Å²) in [6.07, 6.45) is 11.1. The number of esters is 1. The molecule has 0 aromatic carbocycles. The number of carbonyl (C=O) groups is 3. The first kappa shape index (κ1) is 28.7. The Balaban J connectivity index is 1.47. The largest absolute Gasteiger partial charge is 0.468 e. The van der Waals surface area contributed by atoms with Crippen LogP contribution in [0.4, 0.5) is 0 Å². The summed E-state index contributed by atoms with van der Waals surface area (Å²) in [6.45, 7) is 6.80. The van der Waals surface area contributed by atoms with E-state index in [4.69, 9.17) is 13.9 Å². The molecular weight excluding hydrogens is 508 g/mol. The third-order valence-corrected chi connectivity index (χ3v) is 9.03. The quantitative estimate of drug-likeness (QED) is 0.316. The zero-order chi connectivity index (χ0) is 28.4. The number of piperidine rings is 1. The van der Waals surface area contributed by atoms with Gasteiger partial charge in [0.15, 0.2) is 0 Å². The maximum atomic E-state index is 14.2. The second-order valence-corrected chi connectivity index (χ2v) is 12.4. The van der Waals surface area contributed by atoms with Gasteiger partial charge in [0, 0.05) is 24.6 Å². The minimum absolute atomic E-state index is 0.00522. The van der Waals surface area contributed by atoms with E-state index >= 15 is 0 Å². The minimum Gasteiger partial charge on any atom is -0.468 e. The maximum Gasteiger partial charge on any atom is 0.320 e. The summed E-state index contributed by atoms with van der Waals surface area (Å²) >= 11 is 0. The number of methoxy groups -OCH3 is 1. The summed E-state index contributed by atoms with van der Waals surface area (Å²) < 4.78 is 17.7. The van der Waals surface area contributed by atoms with Crippen molar-refractivity contribution < 1.29 is 28.3 Å². The van der Waals surface area contributed by atoms with Gasteiger partial charge in [-0.25, -0.2) is 0 Å². The molecule has 8 nitrogen and oxygen atoms in total. The van der Waals surface area contributed by atoms with Crippen LogP contribution in [0.2, 0.25) is 0 Å². The molecule has 1 N–H and O–H groups in total. The molecule has 4 aliphatic rings. The van der Waals surface area contributed by atoms with Gasteiger partial charge in [-0.3, -0.25) is 14.4 Å². The highest BCUT2D eigenvalue weighted by atomic mass is 16.5. The molecule has 5 rings (SSSR count). The number of nitrogens with zero attached hydrogens (tertiary/aromatic N) is 1. The normalized spacial score (nSPS) is 28.6. The minimum atomic E-state index is -1.11. The number of hydrogen-bond acceptors (Lipinski definition) is 6. The number of amides is 2. The van der Waals surface area contributed by atoms with Crippen LogP contribution < -0.4 is 5.32 Å². The van der Waals surface area contributed by atoms with Crippen LogP contribution in [0, 0.1) is 30.1 Å². The molecule has 2 aliphatic heterocycles. The molecular formula is C32H44N2O6. The smallest absolute Gasteiger partial charge is 0.320 e. The van der Waals surface area contributed by atoms with Crippen molar-refractivity contribution >= 4 is 17.8 Å². The lowest BCUT2D eigenvalue weighted by Gasteiger charge is -2.53. The molecule has 2 aliphatic carbocycles. The monoisotopic (exact) mass is 552 g/mol. The Labute approximate surface area is 237 Å². The molecule has 3 heterocycles. The summed E-state index contributed by atoms with van der Waals surface area (Å²) in [5.41, 5.74) is 0.979. The molecule has 8 heteroatoms. The van der Waals surface area contributed by atoms with Gasteiger partial charge in [0.1, 0.15) is 16.9 Å². The van der Waals surface area contributed by atoms with Gasteiger partial charge in [-0.15, -0.1) is 0 Å². The van der Waals surface area contributed by atoms with Gasteiger partial charge < -0.3 is 24.1 Å². The van der Waals surface area contributed by atoms with E-state index in [1.54, 1.807) is 0 Å². The predicted molar refractivity (Wildman–Crippen MR) is 150 cm³/mol. The molecule has 1 saturated heterocycles. The van der Waals surface area contributed by atoms with Crippen LogP contribution in [0.5, 0.6) is 0 Å². The van der Waals surface area contributed by atoms with E-state index in [2.05, 4.69) is 25.2 Å². The van der Waals surface area contributed by atoms with E-state index in [0.29, 0.717) is 12.3 Å². The number of furan rings is 1. The molecule has 40 heavy (non-hydrogen) atoms. The van der Waals surface area contributed by atoms with E-state index in [9.17, 15) is 14.4 Å². The average molecular weight is 553 g/mol. The zero-order valence-corrected chi connectivity index (χ0v) is 24.4. The fourth-order valence-corrected chi connectivity index (χ4v) is 6.73. The van der Waals surface area contributed by atoms with Crippen molar-refractivity contribution in [3.05, 3.63) is 47.1 Å². The van der Waals surface area contributed by atoms with Crippen LogP contribution in [0.25, 0.3) is 0 Å². The molecule has 1 aromatic heterocycles. The highest BCUT2D eigenvalue weighted by Gasteiger charge is 2.63. The number of fused-ring (bicyclic) bond motifs is 1. The third kappa shape index (κ3) is 5.78. The molecule has 2 amide bonds. The standard InChI is InChI=1S/C32H44N2O6/c1-20(2)26-17-27-32(31(37)38-4,29(40-26)23-11-12-23)18-24(16-28(35)33-19-25-13-10-21(3)39-25)30(36)34(27)15-14-22-8-6-5-7-9-22/h8,10,13,17,20,23-24,26,29H,5-7,9,11-12,14-16,18-19H2,1-4H3,(H,33,35)/t24-,26+,29+,32+/m0/s1. The van der Waals surface area contributed by atoms with Gasteiger partial charge in [0.05, 0.1) is 25.9 Å². The van der Waals surface area contributed by atoms with Crippen LogP contribution in [-0.4, -0.2) is 48.5 Å². The van der Waals surface area contributed by atoms with Crippen LogP contribution in [-0.2, 0) is 30.4 Å². The molecule has 0 spiro atoms. The Morgan fingerprint density at radius 1 is 1.23 bits per heavy atom. The number of allylic oxidation sites excluding steroid dienone is 1. The fraction of sp³-hybridized carbons (Fsp3) is 0.656. The van der Waals surface area contributed by atoms with Crippen molar-refractivity contribution in [1.82, 2.24) is 10.2 Å². The van der Waals surface area contributed by atoms with Gasteiger partial charge in [-0.1, -0.05) is 25.5 Å². The summed E-state index contributed by atoms with van der Waals surface area (Å²) in [7, 11) is 1.41. The zero-order valence-electron chi connectivity index (χ0n) is 24.4. The van der Waals surface area contributed by atoms with Gasteiger partial charge in [0.25, 0.3) is 0 Å². The van der Waals surface area contributed by atoms with E-state index in [1.165, 1.54) is 25.5 Å². The lowest BCUT2D eigenvalue weighted by Crippen LogP contribution is -2.62. The van der Waals surface area contributed by atoms with Crippen molar-refractivity contribution in [3.63, 3.8) is 0 Å². The van der Waals surface area contributed by atoms with Crippen LogP contribution in [0.3, 0.4) is 0 Å². The van der Waals surface area contributed by atoms with Gasteiger partial charge in [-0.05, 0) is 88.3 Å². The van der Waals surface area contributed by atoms with Gasteiger partial charge >= 0.3 is 5.97 Å². The third-order valence-electron chi connectivity index (χ3n) is 9.03. The molecule has 0 unspecified atom stereocenters. The number of nitrogens with one attached hydrogen (secondary N) is 1. The van der Waals surface area contributed by atoms with Crippen LogP contribution >= 0.6 is 0 Å². The number of hydrogen-bond donors (Lipinski definition) is 1. The first-order valence-electron chi connectivity index (χ1n) is 15.0. The lowest BCUT2D eigenvalue weighted by atomic mass is 9.64. The average Bonchev–Trinajstić information content (AvgIpc) is 3.71. The lowest BCUT2D eigenvalue weighted by molar-refractivity contribution is -0.182. The Morgan fingerprint density at radius 2 is 2.02 bits per heavy atom. The summed E-state index contributed by atoms with van der Waals surface area (Å²) in [6, 6.07) is 3.68. The van der Waals surface area contributed by atoms with Crippen molar-refractivity contribution in [2.45, 2.75) is 97.3 Å². The number of carbonyl (C=O) groups excluding carboxylic acids is 3. The van der Waals surface area contributed by atoms with E-state index < -0.39 is 11.3 Å². The number of aryl methyl sites for hydroxylation is 1. The van der Waals surface area contributed by atoms with Crippen molar-refractivity contribution in [2.24, 2.45) is 23.2 Å². The summed E-state index contributed by atoms with van der Waals surface area (Å²) in [5.74, 6) is 0.498. The Kier molecular flexibility index (Phi) is 8.55. The topological polar surface area (TPSA) is 98.1 Å². The maximum absolute atomic E-state index is 14.2. The second kappa shape index (κ2) is 11.9. The van der Waals surface area contributed by atoms with E-state index in [-0.39, 0.29) is 61.2 Å². The fourth-order valence-electron chi connectivity index (χ4n) is 6.73. The Hall–Kier alpha value is -2.87. The van der Waals surface area contributed by atoms with Crippen LogP contribution in [0.15, 0.2) is 40.0 Å². The Bertz CT molecular complexity index is 1180. The number of ether oxygens (including phenoxy) is 2. The van der Waals surface area contributed by atoms with Gasteiger partial charge in [0.2, 0.25) is 11.8 Å². The first-order chi connectivity index (χ1) is 19.2. The van der Waals surface area contributed by atoms with Crippen LogP contribution in [0.1, 0.15) is 83.2 Å². The summed E-state index contributed by atoms with van der Waals surface area (Å²) in [5, 5.41) is 2.90. The highest BCUT2D eigenvalue weighted by Crippen LogP contribution is 2.56. The molecule has 0 bridgehead atoms. The molecule has 218 valence electrons. The molecule has 0 radical (unpaired) electrons. The highest BCUT2D eigenvalue weighted by molar-refractivity contribution is 5.92. The number of rotatable bonds is 10. The van der Waals surface area contributed by atoms with Crippen molar-refractivity contribution in [2.75, 3.05) is 13.7 Å². The number of likely N-dealkylation sites (tertiary alicyclic amines) is 1. The Morgan fingerprint density at radius 3 is 2.65 bits per heavy atom. The second-order valence-electron chi connectivity index (χ2n) is 12.4. The van der Waals surface area contributed by atoms with E-state index in [1.807, 2.05) is 30.0 Å². The van der Waals surface area contributed by atoms with Crippen molar-refractivity contribution in [3.8, 4) is 0 Å². The predicted octanol–water partition coefficient (Wildman–Crippen LogP) is 5.21.